The molecule has 0 saturated carbocycles. The average molecular weight is 295 g/mol. The molecule has 0 saturated heterocycles. The van der Waals surface area contributed by atoms with Gasteiger partial charge >= 0.3 is 5.97 Å². The van der Waals surface area contributed by atoms with E-state index < -0.39 is 11.4 Å². The van der Waals surface area contributed by atoms with Crippen LogP contribution in [0.4, 0.5) is 0 Å². The predicted molar refractivity (Wildman–Crippen MR) is 74.4 cm³/mol. The lowest BCUT2D eigenvalue weighted by Crippen LogP contribution is -2.30. The summed E-state index contributed by atoms with van der Waals surface area (Å²) >= 11 is 6.00. The lowest BCUT2D eigenvalue weighted by Gasteiger charge is -2.19. The zero-order valence-electron chi connectivity index (χ0n) is 11.5. The van der Waals surface area contributed by atoms with Crippen molar-refractivity contribution in [3.63, 3.8) is 0 Å². The first-order valence-corrected chi connectivity index (χ1v) is 6.45. The molecular weight excluding hydrogens is 280 g/mol. The van der Waals surface area contributed by atoms with E-state index in [2.05, 4.69) is 15.5 Å². The Hall–Kier alpha value is -1.95. The van der Waals surface area contributed by atoms with Crippen LogP contribution >= 0.6 is 11.6 Å². The fourth-order valence-electron chi connectivity index (χ4n) is 1.78. The standard InChI is InChI=1S/C13H15ClN4O2/c1-8-4-5-9(14)6-10(8)11-15-16-17-18(11)7-13(2,3)12(19)20/h4-6H,7H2,1-3H3,(H,19,20). The van der Waals surface area contributed by atoms with Gasteiger partial charge in [0.05, 0.1) is 12.0 Å². The fourth-order valence-corrected chi connectivity index (χ4v) is 1.95. The van der Waals surface area contributed by atoms with E-state index in [1.54, 1.807) is 26.0 Å². The molecule has 1 aromatic heterocycles. The Bertz CT molecular complexity index is 652. The van der Waals surface area contributed by atoms with Crippen molar-refractivity contribution >= 4 is 17.6 Å². The Morgan fingerprint density at radius 2 is 2.15 bits per heavy atom. The van der Waals surface area contributed by atoms with Crippen LogP contribution in [-0.4, -0.2) is 31.3 Å². The first-order chi connectivity index (χ1) is 9.31. The quantitative estimate of drug-likeness (QED) is 0.936. The summed E-state index contributed by atoms with van der Waals surface area (Å²) in [5, 5.41) is 21.3. The molecule has 0 atom stereocenters. The second-order valence-corrected chi connectivity index (χ2v) is 5.74. The maximum absolute atomic E-state index is 11.2. The number of aromatic nitrogens is 4. The number of rotatable bonds is 4. The molecule has 0 aliphatic carbocycles. The van der Waals surface area contributed by atoms with Gasteiger partial charge in [-0.2, -0.15) is 0 Å². The van der Waals surface area contributed by atoms with Gasteiger partial charge in [-0.3, -0.25) is 4.79 Å². The van der Waals surface area contributed by atoms with Crippen LogP contribution in [-0.2, 0) is 11.3 Å². The van der Waals surface area contributed by atoms with Gasteiger partial charge in [-0.15, -0.1) is 5.10 Å². The summed E-state index contributed by atoms with van der Waals surface area (Å²) in [5.41, 5.74) is 0.804. The van der Waals surface area contributed by atoms with Gasteiger partial charge in [0.1, 0.15) is 0 Å². The van der Waals surface area contributed by atoms with E-state index in [4.69, 9.17) is 11.6 Å². The minimum absolute atomic E-state index is 0.177. The molecule has 2 aromatic rings. The maximum atomic E-state index is 11.2. The van der Waals surface area contributed by atoms with Gasteiger partial charge in [0.2, 0.25) is 0 Å². The molecule has 0 bridgehead atoms. The van der Waals surface area contributed by atoms with Crippen LogP contribution in [0.5, 0.6) is 0 Å². The highest BCUT2D eigenvalue weighted by molar-refractivity contribution is 6.30. The van der Waals surface area contributed by atoms with E-state index in [1.807, 2.05) is 13.0 Å². The van der Waals surface area contributed by atoms with Crippen LogP contribution in [0.2, 0.25) is 5.02 Å². The van der Waals surface area contributed by atoms with E-state index in [0.717, 1.165) is 11.1 Å². The summed E-state index contributed by atoms with van der Waals surface area (Å²) in [7, 11) is 0. The molecule has 2 rings (SSSR count). The summed E-state index contributed by atoms with van der Waals surface area (Å²) in [6.07, 6.45) is 0. The number of halogens is 1. The zero-order chi connectivity index (χ0) is 14.9. The van der Waals surface area contributed by atoms with E-state index in [-0.39, 0.29) is 6.54 Å². The molecule has 20 heavy (non-hydrogen) atoms. The largest absolute Gasteiger partial charge is 0.481 e. The van der Waals surface area contributed by atoms with Crippen molar-refractivity contribution in [3.05, 3.63) is 28.8 Å². The highest BCUT2D eigenvalue weighted by atomic mass is 35.5. The molecular formula is C13H15ClN4O2. The predicted octanol–water partition coefficient (Wildman–Crippen LogP) is 2.41. The van der Waals surface area contributed by atoms with Crippen molar-refractivity contribution in [1.82, 2.24) is 20.2 Å². The third-order valence-electron chi connectivity index (χ3n) is 3.10. The normalized spacial score (nSPS) is 11.6. The van der Waals surface area contributed by atoms with Crippen LogP contribution in [0.1, 0.15) is 19.4 Å². The molecule has 1 N–H and O–H groups in total. The monoisotopic (exact) mass is 294 g/mol. The lowest BCUT2D eigenvalue weighted by atomic mass is 9.94. The van der Waals surface area contributed by atoms with Crippen molar-refractivity contribution in [3.8, 4) is 11.4 Å². The fraction of sp³-hybridized carbons (Fsp3) is 0.385. The van der Waals surface area contributed by atoms with Crippen molar-refractivity contribution < 1.29 is 9.90 Å². The van der Waals surface area contributed by atoms with Crippen molar-refractivity contribution in [2.75, 3.05) is 0 Å². The number of hydrogen-bond acceptors (Lipinski definition) is 4. The third kappa shape index (κ3) is 2.80. The number of carbonyl (C=O) groups is 1. The van der Waals surface area contributed by atoms with E-state index in [9.17, 15) is 9.90 Å². The summed E-state index contributed by atoms with van der Waals surface area (Å²) in [6, 6.07) is 5.43. The van der Waals surface area contributed by atoms with Gasteiger partial charge in [-0.1, -0.05) is 17.7 Å². The van der Waals surface area contributed by atoms with Gasteiger partial charge in [0.25, 0.3) is 0 Å². The number of hydrogen-bond donors (Lipinski definition) is 1. The Labute approximate surface area is 121 Å². The minimum atomic E-state index is -0.962. The van der Waals surface area contributed by atoms with Crippen molar-refractivity contribution in [2.45, 2.75) is 27.3 Å². The number of aryl methyl sites for hydroxylation is 1. The van der Waals surface area contributed by atoms with E-state index in [1.165, 1.54) is 4.68 Å². The Kier molecular flexibility index (Phi) is 3.76. The van der Waals surface area contributed by atoms with Crippen LogP contribution in [0.15, 0.2) is 18.2 Å². The van der Waals surface area contributed by atoms with Crippen molar-refractivity contribution in [1.29, 1.82) is 0 Å². The van der Waals surface area contributed by atoms with Gasteiger partial charge in [0.15, 0.2) is 5.82 Å². The second-order valence-electron chi connectivity index (χ2n) is 5.31. The van der Waals surface area contributed by atoms with Crippen LogP contribution in [0.3, 0.4) is 0 Å². The number of nitrogens with zero attached hydrogens (tertiary/aromatic N) is 4. The molecule has 1 aromatic carbocycles. The van der Waals surface area contributed by atoms with Gasteiger partial charge in [0, 0.05) is 10.6 Å². The number of aliphatic carboxylic acids is 1. The van der Waals surface area contributed by atoms with Crippen molar-refractivity contribution in [2.24, 2.45) is 5.41 Å². The molecule has 0 amide bonds. The summed E-state index contributed by atoms with van der Waals surface area (Å²) < 4.78 is 1.49. The molecule has 1 heterocycles. The van der Waals surface area contributed by atoms with Gasteiger partial charge in [-0.25, -0.2) is 4.68 Å². The topological polar surface area (TPSA) is 80.9 Å². The molecule has 6 nitrogen and oxygen atoms in total. The smallest absolute Gasteiger partial charge is 0.310 e. The Morgan fingerprint density at radius 3 is 2.80 bits per heavy atom. The highest BCUT2D eigenvalue weighted by Crippen LogP contribution is 2.26. The lowest BCUT2D eigenvalue weighted by molar-refractivity contribution is -0.147. The van der Waals surface area contributed by atoms with Crippen LogP contribution < -0.4 is 0 Å². The molecule has 0 aliphatic heterocycles. The van der Waals surface area contributed by atoms with Crippen LogP contribution in [0, 0.1) is 12.3 Å². The van der Waals surface area contributed by atoms with Gasteiger partial charge in [-0.05, 0) is 48.9 Å². The molecule has 0 aliphatic rings. The Balaban J connectivity index is 2.43. The molecule has 0 radical (unpaired) electrons. The van der Waals surface area contributed by atoms with E-state index >= 15 is 0 Å². The number of tetrazole rings is 1. The maximum Gasteiger partial charge on any atom is 0.310 e. The summed E-state index contributed by atoms with van der Waals surface area (Å²) in [4.78, 5) is 11.2. The average Bonchev–Trinajstić information content (AvgIpc) is 2.79. The number of carboxylic acid groups (broad SMARTS) is 1. The van der Waals surface area contributed by atoms with Gasteiger partial charge < -0.3 is 5.11 Å². The molecule has 0 unspecified atom stereocenters. The SMILES string of the molecule is Cc1ccc(Cl)cc1-c1nnnn1CC(C)(C)C(=O)O. The molecule has 7 heteroatoms. The summed E-state index contributed by atoms with van der Waals surface area (Å²) in [6.45, 7) is 5.36. The number of carboxylic acids is 1. The first-order valence-electron chi connectivity index (χ1n) is 6.07. The molecule has 0 fully saturated rings. The number of benzene rings is 1. The zero-order valence-corrected chi connectivity index (χ0v) is 12.2. The second kappa shape index (κ2) is 5.20. The van der Waals surface area contributed by atoms with Crippen LogP contribution in [0.25, 0.3) is 11.4 Å². The first kappa shape index (κ1) is 14.5. The summed E-state index contributed by atoms with van der Waals surface area (Å²) in [5.74, 6) is -0.388. The molecule has 0 spiro atoms. The highest BCUT2D eigenvalue weighted by Gasteiger charge is 2.29. The third-order valence-corrected chi connectivity index (χ3v) is 3.33. The Morgan fingerprint density at radius 1 is 1.45 bits per heavy atom. The molecule has 106 valence electrons. The minimum Gasteiger partial charge on any atom is -0.481 e. The van der Waals surface area contributed by atoms with E-state index in [0.29, 0.717) is 10.8 Å².